The largest absolute Gasteiger partial charge is 0.451 e. The molecular weight excluding hydrogens is 347 g/mol. The Balaban J connectivity index is 1.79. The van der Waals surface area contributed by atoms with E-state index in [0.717, 1.165) is 22.6 Å². The molecule has 3 aromatic rings. The van der Waals surface area contributed by atoms with Gasteiger partial charge in [0.2, 0.25) is 5.82 Å². The topological polar surface area (TPSA) is 37.8 Å². The standard InChI is InChI=1S/C18H14F3N3S/c19-18(20,21)17-23-13-7-3-1-6-12(13)16(24-17)22-14-9-10-25-15-8-4-2-5-11(14)15/h1-8,14H,9-10H2,(H,22,23,24). The van der Waals surface area contributed by atoms with Crippen LogP contribution in [0.2, 0.25) is 0 Å². The molecule has 25 heavy (non-hydrogen) atoms. The minimum atomic E-state index is -4.58. The number of aromatic nitrogens is 2. The fourth-order valence-corrected chi connectivity index (χ4v) is 4.10. The van der Waals surface area contributed by atoms with Gasteiger partial charge in [-0.2, -0.15) is 13.2 Å². The first-order valence-corrected chi connectivity index (χ1v) is 8.83. The van der Waals surface area contributed by atoms with Crippen molar-refractivity contribution in [2.45, 2.75) is 23.5 Å². The van der Waals surface area contributed by atoms with Crippen molar-refractivity contribution >= 4 is 28.5 Å². The van der Waals surface area contributed by atoms with Crippen molar-refractivity contribution < 1.29 is 13.2 Å². The van der Waals surface area contributed by atoms with Gasteiger partial charge >= 0.3 is 6.18 Å². The highest BCUT2D eigenvalue weighted by atomic mass is 32.2. The molecule has 3 nitrogen and oxygen atoms in total. The summed E-state index contributed by atoms with van der Waals surface area (Å²) in [5, 5.41) is 3.82. The van der Waals surface area contributed by atoms with E-state index in [1.165, 1.54) is 0 Å². The van der Waals surface area contributed by atoms with Gasteiger partial charge < -0.3 is 5.32 Å². The first kappa shape index (κ1) is 16.2. The van der Waals surface area contributed by atoms with Crippen LogP contribution in [0.15, 0.2) is 53.4 Å². The summed E-state index contributed by atoms with van der Waals surface area (Å²) in [6.07, 6.45) is -3.76. The molecule has 2 aromatic carbocycles. The van der Waals surface area contributed by atoms with E-state index in [2.05, 4.69) is 15.3 Å². The molecule has 1 aromatic heterocycles. The van der Waals surface area contributed by atoms with E-state index in [1.807, 2.05) is 24.3 Å². The van der Waals surface area contributed by atoms with Crippen molar-refractivity contribution in [1.82, 2.24) is 9.97 Å². The third-order valence-corrected chi connectivity index (χ3v) is 5.25. The normalized spacial score (nSPS) is 17.3. The Morgan fingerprint density at radius 2 is 1.76 bits per heavy atom. The van der Waals surface area contributed by atoms with Gasteiger partial charge in [-0.25, -0.2) is 9.97 Å². The molecule has 1 aliphatic heterocycles. The van der Waals surface area contributed by atoms with Crippen molar-refractivity contribution in [3.05, 3.63) is 59.9 Å². The Hall–Kier alpha value is -2.28. The lowest BCUT2D eigenvalue weighted by atomic mass is 10.0. The number of para-hydroxylation sites is 1. The minimum Gasteiger partial charge on any atom is -0.363 e. The molecule has 7 heteroatoms. The van der Waals surface area contributed by atoms with Gasteiger partial charge in [0.25, 0.3) is 0 Å². The molecular formula is C18H14F3N3S. The first-order chi connectivity index (χ1) is 12.0. The van der Waals surface area contributed by atoms with Gasteiger partial charge in [-0.15, -0.1) is 11.8 Å². The molecule has 1 aliphatic rings. The molecule has 0 amide bonds. The van der Waals surface area contributed by atoms with Crippen LogP contribution < -0.4 is 5.32 Å². The van der Waals surface area contributed by atoms with Gasteiger partial charge in [0.05, 0.1) is 11.6 Å². The van der Waals surface area contributed by atoms with Crippen LogP contribution in [0.5, 0.6) is 0 Å². The van der Waals surface area contributed by atoms with Gasteiger partial charge in [-0.3, -0.25) is 0 Å². The zero-order chi connectivity index (χ0) is 17.4. The molecule has 0 aliphatic carbocycles. The fraction of sp³-hybridized carbons (Fsp3) is 0.222. The second-order valence-corrected chi connectivity index (χ2v) is 6.92. The smallest absolute Gasteiger partial charge is 0.363 e. The van der Waals surface area contributed by atoms with Crippen LogP contribution in [-0.2, 0) is 6.18 Å². The van der Waals surface area contributed by atoms with Crippen LogP contribution >= 0.6 is 11.8 Å². The summed E-state index contributed by atoms with van der Waals surface area (Å²) in [5.74, 6) is 0.0147. The number of nitrogens with zero attached hydrogens (tertiary/aromatic N) is 2. The van der Waals surface area contributed by atoms with Crippen LogP contribution in [0.3, 0.4) is 0 Å². The van der Waals surface area contributed by atoms with E-state index in [9.17, 15) is 13.2 Å². The fourth-order valence-electron chi connectivity index (χ4n) is 2.97. The molecule has 128 valence electrons. The van der Waals surface area contributed by atoms with E-state index in [-0.39, 0.29) is 17.4 Å². The highest BCUT2D eigenvalue weighted by molar-refractivity contribution is 7.99. The zero-order valence-electron chi connectivity index (χ0n) is 13.0. The molecule has 1 atom stereocenters. The number of fused-ring (bicyclic) bond motifs is 2. The summed E-state index contributed by atoms with van der Waals surface area (Å²) in [4.78, 5) is 8.60. The number of alkyl halides is 3. The summed E-state index contributed by atoms with van der Waals surface area (Å²) >= 11 is 1.76. The van der Waals surface area contributed by atoms with E-state index in [4.69, 9.17) is 0 Å². The number of anilines is 1. The molecule has 2 heterocycles. The molecule has 0 bridgehead atoms. The molecule has 0 fully saturated rings. The maximum Gasteiger partial charge on any atom is 0.451 e. The molecule has 0 spiro atoms. The van der Waals surface area contributed by atoms with Gasteiger partial charge in [-0.1, -0.05) is 30.3 Å². The Morgan fingerprint density at radius 1 is 1.00 bits per heavy atom. The summed E-state index contributed by atoms with van der Waals surface area (Å²) in [6, 6.07) is 14.6. The summed E-state index contributed by atoms with van der Waals surface area (Å²) < 4.78 is 39.5. The number of benzene rings is 2. The third kappa shape index (κ3) is 3.16. The quantitative estimate of drug-likeness (QED) is 0.672. The minimum absolute atomic E-state index is 0.0724. The second-order valence-electron chi connectivity index (χ2n) is 5.78. The Labute approximate surface area is 146 Å². The van der Waals surface area contributed by atoms with Crippen LogP contribution in [-0.4, -0.2) is 15.7 Å². The maximum atomic E-state index is 13.2. The van der Waals surface area contributed by atoms with Gasteiger partial charge in [0.15, 0.2) is 0 Å². The number of nitrogens with one attached hydrogen (secondary N) is 1. The number of rotatable bonds is 2. The predicted octanol–water partition coefficient (Wildman–Crippen LogP) is 5.30. The molecule has 1 unspecified atom stereocenters. The third-order valence-electron chi connectivity index (χ3n) is 4.13. The van der Waals surface area contributed by atoms with E-state index < -0.39 is 12.0 Å². The molecule has 4 rings (SSSR count). The summed E-state index contributed by atoms with van der Waals surface area (Å²) in [6.45, 7) is 0. The van der Waals surface area contributed by atoms with E-state index in [1.54, 1.807) is 36.0 Å². The summed E-state index contributed by atoms with van der Waals surface area (Å²) in [5.41, 5.74) is 1.38. The monoisotopic (exact) mass is 361 g/mol. The van der Waals surface area contributed by atoms with Crippen molar-refractivity contribution in [2.75, 3.05) is 11.1 Å². The SMILES string of the molecule is FC(F)(F)c1nc(NC2CCSc3ccccc32)c2ccccc2n1. The first-order valence-electron chi connectivity index (χ1n) is 7.84. The number of hydrogen-bond donors (Lipinski definition) is 1. The highest BCUT2D eigenvalue weighted by Crippen LogP contribution is 2.39. The second kappa shape index (κ2) is 6.22. The molecule has 0 saturated heterocycles. The average molecular weight is 361 g/mol. The van der Waals surface area contributed by atoms with E-state index >= 15 is 0 Å². The molecule has 0 saturated carbocycles. The van der Waals surface area contributed by atoms with Crippen molar-refractivity contribution in [1.29, 1.82) is 0 Å². The number of halogens is 3. The van der Waals surface area contributed by atoms with Gasteiger partial charge in [-0.05, 0) is 30.2 Å². The predicted molar refractivity (Wildman–Crippen MR) is 92.7 cm³/mol. The Morgan fingerprint density at radius 3 is 2.60 bits per heavy atom. The lowest BCUT2D eigenvalue weighted by molar-refractivity contribution is -0.144. The van der Waals surface area contributed by atoms with Gasteiger partial charge in [0, 0.05) is 16.0 Å². The zero-order valence-corrected chi connectivity index (χ0v) is 13.9. The van der Waals surface area contributed by atoms with Crippen LogP contribution in [0, 0.1) is 0 Å². The van der Waals surface area contributed by atoms with E-state index in [0.29, 0.717) is 5.39 Å². The average Bonchev–Trinajstić information content (AvgIpc) is 2.61. The highest BCUT2D eigenvalue weighted by Gasteiger charge is 2.36. The van der Waals surface area contributed by atoms with Crippen LogP contribution in [0.4, 0.5) is 19.0 Å². The van der Waals surface area contributed by atoms with Crippen LogP contribution in [0.1, 0.15) is 23.9 Å². The van der Waals surface area contributed by atoms with Crippen molar-refractivity contribution in [3.63, 3.8) is 0 Å². The number of thioether (sulfide) groups is 1. The molecule has 0 radical (unpaired) electrons. The van der Waals surface area contributed by atoms with Crippen molar-refractivity contribution in [3.8, 4) is 0 Å². The van der Waals surface area contributed by atoms with Crippen LogP contribution in [0.25, 0.3) is 10.9 Å². The lowest BCUT2D eigenvalue weighted by Crippen LogP contribution is -2.19. The van der Waals surface area contributed by atoms with Gasteiger partial charge in [0.1, 0.15) is 5.82 Å². The molecule has 1 N–H and O–H groups in total. The lowest BCUT2D eigenvalue weighted by Gasteiger charge is -2.27. The Bertz CT molecular complexity index is 927. The number of hydrogen-bond acceptors (Lipinski definition) is 4. The maximum absolute atomic E-state index is 13.2. The summed E-state index contributed by atoms with van der Waals surface area (Å²) in [7, 11) is 0. The Kier molecular flexibility index (Phi) is 4.03. The van der Waals surface area contributed by atoms with Crippen molar-refractivity contribution in [2.24, 2.45) is 0 Å².